The predicted molar refractivity (Wildman–Crippen MR) is 110 cm³/mol. The molecule has 154 valence electrons. The molecule has 0 saturated heterocycles. The number of benzene rings is 2. The molecule has 3 rings (SSSR count). The van der Waals surface area contributed by atoms with E-state index in [1.165, 1.54) is 0 Å². The molecule has 0 atom stereocenters. The summed E-state index contributed by atoms with van der Waals surface area (Å²) < 4.78 is 11.1. The fourth-order valence-electron chi connectivity index (χ4n) is 3.34. The quantitative estimate of drug-likeness (QED) is 0.677. The minimum atomic E-state index is -1.06. The van der Waals surface area contributed by atoms with Crippen LogP contribution in [0.4, 0.5) is 4.79 Å². The summed E-state index contributed by atoms with van der Waals surface area (Å²) in [6.45, 7) is 6.62. The van der Waals surface area contributed by atoms with Gasteiger partial charge in [-0.2, -0.15) is 0 Å². The van der Waals surface area contributed by atoms with Gasteiger partial charge in [0.2, 0.25) is 0 Å². The Kier molecular flexibility index (Phi) is 5.66. The molecule has 29 heavy (non-hydrogen) atoms. The van der Waals surface area contributed by atoms with E-state index in [4.69, 9.17) is 9.47 Å². The number of carbonyl (C=O) groups is 2. The van der Waals surface area contributed by atoms with Crippen molar-refractivity contribution in [3.8, 4) is 11.1 Å². The van der Waals surface area contributed by atoms with E-state index in [1.807, 2.05) is 24.3 Å². The molecule has 0 radical (unpaired) electrons. The Hall–Kier alpha value is -2.86. The van der Waals surface area contributed by atoms with E-state index in [1.54, 1.807) is 27.7 Å². The van der Waals surface area contributed by atoms with Gasteiger partial charge in [-0.05, 0) is 49.9 Å². The highest BCUT2D eigenvalue weighted by molar-refractivity contribution is 5.79. The van der Waals surface area contributed by atoms with Gasteiger partial charge in [-0.15, -0.1) is 0 Å². The van der Waals surface area contributed by atoms with E-state index in [9.17, 15) is 14.7 Å². The predicted octanol–water partition coefficient (Wildman–Crippen LogP) is 4.39. The molecular formula is C23H27NO5. The van der Waals surface area contributed by atoms with Crippen molar-refractivity contribution in [2.24, 2.45) is 5.41 Å². The number of carboxylic acid groups (broad SMARTS) is 1. The first-order valence-corrected chi connectivity index (χ1v) is 9.61. The maximum atomic E-state index is 12.4. The zero-order valence-electron chi connectivity index (χ0n) is 17.2. The van der Waals surface area contributed by atoms with Crippen LogP contribution < -0.4 is 5.32 Å². The molecule has 2 N–H and O–H groups in total. The van der Waals surface area contributed by atoms with Gasteiger partial charge in [0, 0.05) is 5.92 Å². The average molecular weight is 397 g/mol. The number of ether oxygens (including phenoxy) is 2. The van der Waals surface area contributed by atoms with Crippen LogP contribution in [-0.2, 0) is 14.3 Å². The molecule has 2 aromatic rings. The molecule has 0 spiro atoms. The fourth-order valence-corrected chi connectivity index (χ4v) is 3.34. The van der Waals surface area contributed by atoms with Gasteiger partial charge in [-0.25, -0.2) is 4.79 Å². The van der Waals surface area contributed by atoms with Crippen molar-refractivity contribution in [1.29, 1.82) is 0 Å². The highest BCUT2D eigenvalue weighted by Crippen LogP contribution is 2.44. The molecule has 0 saturated carbocycles. The zero-order chi connectivity index (χ0) is 21.2. The monoisotopic (exact) mass is 397 g/mol. The molecule has 1 aliphatic rings. The van der Waals surface area contributed by atoms with Crippen molar-refractivity contribution < 1.29 is 24.2 Å². The van der Waals surface area contributed by atoms with Gasteiger partial charge in [0.25, 0.3) is 0 Å². The lowest BCUT2D eigenvalue weighted by Crippen LogP contribution is -2.48. The van der Waals surface area contributed by atoms with Crippen LogP contribution >= 0.6 is 0 Å². The molecule has 1 aliphatic carbocycles. The largest absolute Gasteiger partial charge is 0.481 e. The van der Waals surface area contributed by atoms with Crippen LogP contribution in [0.5, 0.6) is 0 Å². The SMILES string of the molecule is CC(C)(NC(=O)OCC1c2ccccc2-c2ccccc21)OCC(C)(C)C(=O)O. The summed E-state index contributed by atoms with van der Waals surface area (Å²) in [5.41, 5.74) is 2.49. The van der Waals surface area contributed by atoms with Gasteiger partial charge in [0.1, 0.15) is 12.3 Å². The normalized spacial score (nSPS) is 13.5. The standard InChI is InChI=1S/C23H27NO5/c1-22(2,20(25)26)14-29-23(3,4)24-21(27)28-13-19-17-11-7-5-9-15(17)16-10-6-8-12-18(16)19/h5-12,19H,13-14H2,1-4H3,(H,24,27)(H,25,26). The molecule has 6 heteroatoms. The van der Waals surface area contributed by atoms with E-state index in [0.29, 0.717) is 0 Å². The molecule has 0 unspecified atom stereocenters. The highest BCUT2D eigenvalue weighted by atomic mass is 16.6. The van der Waals surface area contributed by atoms with E-state index >= 15 is 0 Å². The summed E-state index contributed by atoms with van der Waals surface area (Å²) in [5.74, 6) is -0.988. The molecule has 0 heterocycles. The number of amides is 1. The molecule has 6 nitrogen and oxygen atoms in total. The summed E-state index contributed by atoms with van der Waals surface area (Å²) in [7, 11) is 0. The van der Waals surface area contributed by atoms with Crippen LogP contribution in [0.3, 0.4) is 0 Å². The van der Waals surface area contributed by atoms with Gasteiger partial charge in [-0.1, -0.05) is 48.5 Å². The number of aliphatic carboxylic acids is 1. The lowest BCUT2D eigenvalue weighted by Gasteiger charge is -2.30. The number of carbonyl (C=O) groups excluding carboxylic acids is 1. The van der Waals surface area contributed by atoms with Crippen LogP contribution in [0, 0.1) is 5.41 Å². The summed E-state index contributed by atoms with van der Waals surface area (Å²) in [6.07, 6.45) is -0.606. The van der Waals surface area contributed by atoms with Crippen LogP contribution in [0.15, 0.2) is 48.5 Å². The second kappa shape index (κ2) is 7.87. The Balaban J connectivity index is 1.62. The topological polar surface area (TPSA) is 84.9 Å². The number of carboxylic acids is 1. The molecule has 2 aromatic carbocycles. The maximum Gasteiger partial charge on any atom is 0.409 e. The summed E-state index contributed by atoms with van der Waals surface area (Å²) in [5, 5.41) is 11.9. The maximum absolute atomic E-state index is 12.4. The number of fused-ring (bicyclic) bond motifs is 3. The Morgan fingerprint density at radius 2 is 1.48 bits per heavy atom. The van der Waals surface area contributed by atoms with Gasteiger partial charge < -0.3 is 14.6 Å². The van der Waals surface area contributed by atoms with Crippen molar-refractivity contribution in [1.82, 2.24) is 5.32 Å². The second-order valence-electron chi connectivity index (χ2n) is 8.44. The van der Waals surface area contributed by atoms with Gasteiger partial charge in [-0.3, -0.25) is 10.1 Å². The average Bonchev–Trinajstić information content (AvgIpc) is 2.98. The van der Waals surface area contributed by atoms with Crippen molar-refractivity contribution in [3.63, 3.8) is 0 Å². The number of nitrogens with one attached hydrogen (secondary N) is 1. The van der Waals surface area contributed by atoms with Crippen molar-refractivity contribution in [2.45, 2.75) is 39.3 Å². The molecule has 0 aliphatic heterocycles. The van der Waals surface area contributed by atoms with Crippen LogP contribution in [0.1, 0.15) is 44.7 Å². The van der Waals surface area contributed by atoms with Crippen molar-refractivity contribution in [2.75, 3.05) is 13.2 Å². The Labute approximate surface area is 170 Å². The first-order valence-electron chi connectivity index (χ1n) is 9.61. The molecule has 0 bridgehead atoms. The van der Waals surface area contributed by atoms with E-state index in [0.717, 1.165) is 22.3 Å². The molecular weight excluding hydrogens is 370 g/mol. The van der Waals surface area contributed by atoms with Gasteiger partial charge >= 0.3 is 12.1 Å². The highest BCUT2D eigenvalue weighted by Gasteiger charge is 2.33. The lowest BCUT2D eigenvalue weighted by molar-refractivity contribution is -0.155. The van der Waals surface area contributed by atoms with Crippen LogP contribution in [0.25, 0.3) is 11.1 Å². The van der Waals surface area contributed by atoms with Crippen LogP contribution in [0.2, 0.25) is 0 Å². The van der Waals surface area contributed by atoms with E-state index < -0.39 is 23.2 Å². The minimum absolute atomic E-state index is 0.0249. The molecule has 1 amide bonds. The zero-order valence-corrected chi connectivity index (χ0v) is 17.2. The Morgan fingerprint density at radius 1 is 0.966 bits per heavy atom. The number of alkyl carbamates (subject to hydrolysis) is 1. The summed E-state index contributed by atoms with van der Waals surface area (Å²) in [6, 6.07) is 16.3. The first kappa shape index (κ1) is 20.9. The van der Waals surface area contributed by atoms with Crippen LogP contribution in [-0.4, -0.2) is 36.1 Å². The summed E-state index contributed by atoms with van der Waals surface area (Å²) >= 11 is 0. The third kappa shape index (κ3) is 4.59. The third-order valence-electron chi connectivity index (χ3n) is 5.12. The van der Waals surface area contributed by atoms with E-state index in [-0.39, 0.29) is 19.1 Å². The Morgan fingerprint density at radius 3 is 2.00 bits per heavy atom. The van der Waals surface area contributed by atoms with Gasteiger partial charge in [0.15, 0.2) is 0 Å². The lowest BCUT2D eigenvalue weighted by atomic mass is 9.95. The van der Waals surface area contributed by atoms with Crippen molar-refractivity contribution >= 4 is 12.1 Å². The first-order chi connectivity index (χ1) is 13.6. The summed E-state index contributed by atoms with van der Waals surface area (Å²) in [4.78, 5) is 23.6. The van der Waals surface area contributed by atoms with Gasteiger partial charge in [0.05, 0.1) is 12.0 Å². The van der Waals surface area contributed by atoms with Crippen molar-refractivity contribution in [3.05, 3.63) is 59.7 Å². The fraction of sp³-hybridized carbons (Fsp3) is 0.391. The number of hydrogen-bond donors (Lipinski definition) is 2. The van der Waals surface area contributed by atoms with E-state index in [2.05, 4.69) is 29.6 Å². The Bertz CT molecular complexity index is 873. The smallest absolute Gasteiger partial charge is 0.409 e. The minimum Gasteiger partial charge on any atom is -0.481 e. The number of rotatable bonds is 7. The third-order valence-corrected chi connectivity index (χ3v) is 5.12. The molecule has 0 aromatic heterocycles. The number of hydrogen-bond acceptors (Lipinski definition) is 4. The second-order valence-corrected chi connectivity index (χ2v) is 8.44. The molecule has 0 fully saturated rings.